The Morgan fingerprint density at radius 2 is 1.85 bits per heavy atom. The maximum Gasteiger partial charge on any atom is 0.263 e. The highest BCUT2D eigenvalue weighted by Gasteiger charge is 2.17. The molecule has 0 saturated carbocycles. The van der Waals surface area contributed by atoms with Gasteiger partial charge in [-0.2, -0.15) is 5.10 Å². The number of rotatable bonds is 8. The number of nitrogens with two attached hydrogens (primary N) is 1. The molecule has 0 amide bonds. The van der Waals surface area contributed by atoms with Crippen LogP contribution in [-0.4, -0.2) is 29.9 Å². The van der Waals surface area contributed by atoms with Gasteiger partial charge in [-0.15, -0.1) is 0 Å². The molecule has 0 radical (unpaired) electrons. The van der Waals surface area contributed by atoms with Crippen LogP contribution in [0.3, 0.4) is 0 Å². The largest absolute Gasteiger partial charge is 0.387 e. The summed E-state index contributed by atoms with van der Waals surface area (Å²) in [6.07, 6.45) is 6.00. The molecule has 2 aromatic carbocycles. The zero-order chi connectivity index (χ0) is 23.8. The second-order valence-electron chi connectivity index (χ2n) is 7.38. The predicted molar refractivity (Wildman–Crippen MR) is 134 cm³/mol. The SMILES string of the molecule is C/C=C\C(=Nc1ccc(S(=O)(=O)Nc2ccnn2-c2ccccc2)cc1)N=C(N)C(C)CC. The van der Waals surface area contributed by atoms with Crippen molar-refractivity contribution in [1.29, 1.82) is 0 Å². The van der Waals surface area contributed by atoms with Gasteiger partial charge in [-0.1, -0.05) is 38.1 Å². The first kappa shape index (κ1) is 23.9. The van der Waals surface area contributed by atoms with E-state index in [1.54, 1.807) is 24.3 Å². The minimum atomic E-state index is -3.82. The van der Waals surface area contributed by atoms with E-state index in [9.17, 15) is 8.42 Å². The molecule has 33 heavy (non-hydrogen) atoms. The number of sulfonamides is 1. The molecule has 0 fully saturated rings. The highest BCUT2D eigenvalue weighted by Crippen LogP contribution is 2.22. The van der Waals surface area contributed by atoms with Crippen LogP contribution in [0, 0.1) is 5.92 Å². The standard InChI is InChI=1S/C24H28N6O2S/c1-4-9-22(28-24(25)18(3)5-2)27-19-12-14-21(15-13-19)33(31,32)29-23-16-17-26-30(23)20-10-7-6-8-11-20/h4,6-18,29H,5H2,1-3H3,(H2,25,27,28)/b9-4-. The van der Waals surface area contributed by atoms with Gasteiger partial charge >= 0.3 is 0 Å². The van der Waals surface area contributed by atoms with Crippen LogP contribution in [0.4, 0.5) is 11.5 Å². The van der Waals surface area contributed by atoms with E-state index in [1.165, 1.54) is 23.0 Å². The van der Waals surface area contributed by atoms with Crippen LogP contribution in [-0.2, 0) is 10.0 Å². The molecule has 8 nitrogen and oxygen atoms in total. The monoisotopic (exact) mass is 464 g/mol. The molecule has 0 spiro atoms. The van der Waals surface area contributed by atoms with E-state index < -0.39 is 10.0 Å². The van der Waals surface area contributed by atoms with Crippen LogP contribution in [0.1, 0.15) is 27.2 Å². The van der Waals surface area contributed by atoms with Gasteiger partial charge in [0.15, 0.2) is 5.84 Å². The lowest BCUT2D eigenvalue weighted by molar-refractivity contribution is 0.600. The van der Waals surface area contributed by atoms with E-state index in [1.807, 2.05) is 57.2 Å². The Bertz CT molecular complexity index is 1260. The maximum atomic E-state index is 12.9. The van der Waals surface area contributed by atoms with Gasteiger partial charge in [0.05, 0.1) is 22.5 Å². The number of allylic oxidation sites excluding steroid dienone is 1. The molecule has 1 heterocycles. The van der Waals surface area contributed by atoms with E-state index in [2.05, 4.69) is 19.8 Å². The van der Waals surface area contributed by atoms with Crippen molar-refractivity contribution < 1.29 is 8.42 Å². The zero-order valence-electron chi connectivity index (χ0n) is 18.9. The summed E-state index contributed by atoms with van der Waals surface area (Å²) < 4.78 is 30.0. The van der Waals surface area contributed by atoms with Gasteiger partial charge in [-0.3, -0.25) is 4.72 Å². The normalized spacial score (nSPS) is 13.9. The maximum absolute atomic E-state index is 12.9. The highest BCUT2D eigenvalue weighted by atomic mass is 32.2. The van der Waals surface area contributed by atoms with Crippen molar-refractivity contribution >= 4 is 33.2 Å². The van der Waals surface area contributed by atoms with Gasteiger partial charge in [0.1, 0.15) is 11.7 Å². The van der Waals surface area contributed by atoms with Crippen molar-refractivity contribution in [2.75, 3.05) is 4.72 Å². The third-order valence-electron chi connectivity index (χ3n) is 4.95. The Balaban J connectivity index is 1.83. The fourth-order valence-corrected chi connectivity index (χ4v) is 3.93. The first-order valence-electron chi connectivity index (χ1n) is 10.6. The van der Waals surface area contributed by atoms with Crippen LogP contribution in [0.25, 0.3) is 5.69 Å². The summed E-state index contributed by atoms with van der Waals surface area (Å²) in [6, 6.07) is 17.1. The third-order valence-corrected chi connectivity index (χ3v) is 6.32. The smallest absolute Gasteiger partial charge is 0.263 e. The summed E-state index contributed by atoms with van der Waals surface area (Å²) in [5, 5.41) is 4.21. The second-order valence-corrected chi connectivity index (χ2v) is 9.06. The van der Waals surface area contributed by atoms with Crippen LogP contribution in [0.15, 0.2) is 93.9 Å². The molecule has 1 aromatic heterocycles. The zero-order valence-corrected chi connectivity index (χ0v) is 19.7. The Morgan fingerprint density at radius 1 is 1.15 bits per heavy atom. The summed E-state index contributed by atoms with van der Waals surface area (Å²) in [6.45, 7) is 5.91. The van der Waals surface area contributed by atoms with Gasteiger partial charge in [-0.25, -0.2) is 23.1 Å². The molecular formula is C24H28N6O2S. The van der Waals surface area contributed by atoms with Crippen LogP contribution in [0.5, 0.6) is 0 Å². The molecule has 172 valence electrons. The summed E-state index contributed by atoms with van der Waals surface area (Å²) in [5.74, 6) is 1.44. The van der Waals surface area contributed by atoms with E-state index >= 15 is 0 Å². The Kier molecular flexibility index (Phi) is 7.78. The van der Waals surface area contributed by atoms with Crippen molar-refractivity contribution in [3.63, 3.8) is 0 Å². The van der Waals surface area contributed by atoms with E-state index in [-0.39, 0.29) is 10.8 Å². The van der Waals surface area contributed by atoms with Gasteiger partial charge in [0.25, 0.3) is 10.0 Å². The van der Waals surface area contributed by atoms with E-state index in [0.29, 0.717) is 23.2 Å². The Morgan fingerprint density at radius 3 is 2.48 bits per heavy atom. The van der Waals surface area contributed by atoms with Crippen LogP contribution >= 0.6 is 0 Å². The lowest BCUT2D eigenvalue weighted by atomic mass is 10.1. The van der Waals surface area contributed by atoms with E-state index in [4.69, 9.17) is 5.73 Å². The molecule has 0 aliphatic rings. The number of nitrogens with one attached hydrogen (secondary N) is 1. The molecule has 3 rings (SSSR count). The number of aliphatic imine (C=N–C) groups is 2. The average Bonchev–Trinajstić information content (AvgIpc) is 3.27. The summed E-state index contributed by atoms with van der Waals surface area (Å²) in [5.41, 5.74) is 7.37. The molecule has 1 atom stereocenters. The van der Waals surface area contributed by atoms with Crippen molar-refractivity contribution in [2.24, 2.45) is 21.6 Å². The highest BCUT2D eigenvalue weighted by molar-refractivity contribution is 7.92. The van der Waals surface area contributed by atoms with Gasteiger partial charge in [-0.05, 0) is 55.8 Å². The van der Waals surface area contributed by atoms with Gasteiger partial charge in [0.2, 0.25) is 0 Å². The number of anilines is 1. The molecule has 3 N–H and O–H groups in total. The number of para-hydroxylation sites is 1. The fraction of sp³-hybridized carbons (Fsp3) is 0.208. The number of benzene rings is 2. The Labute approximate surface area is 194 Å². The minimum Gasteiger partial charge on any atom is -0.387 e. The number of nitrogens with zero attached hydrogens (tertiary/aromatic N) is 4. The van der Waals surface area contributed by atoms with Crippen molar-refractivity contribution in [2.45, 2.75) is 32.1 Å². The second kappa shape index (κ2) is 10.7. The summed E-state index contributed by atoms with van der Waals surface area (Å²) >= 11 is 0. The molecular weight excluding hydrogens is 436 g/mol. The topological polar surface area (TPSA) is 115 Å². The molecule has 3 aromatic rings. The average molecular weight is 465 g/mol. The minimum absolute atomic E-state index is 0.109. The van der Waals surface area contributed by atoms with E-state index in [0.717, 1.165) is 12.1 Å². The molecule has 9 heteroatoms. The number of hydrogen-bond donors (Lipinski definition) is 2. The molecule has 0 aliphatic carbocycles. The first-order valence-corrected chi connectivity index (χ1v) is 12.1. The molecule has 0 aliphatic heterocycles. The molecule has 0 saturated heterocycles. The van der Waals surface area contributed by atoms with Gasteiger partial charge in [0, 0.05) is 12.0 Å². The van der Waals surface area contributed by atoms with Crippen LogP contribution < -0.4 is 10.5 Å². The lowest BCUT2D eigenvalue weighted by Gasteiger charge is -2.11. The summed E-state index contributed by atoms with van der Waals surface area (Å²) in [7, 11) is -3.82. The fourth-order valence-electron chi connectivity index (χ4n) is 2.88. The van der Waals surface area contributed by atoms with Crippen molar-refractivity contribution in [1.82, 2.24) is 9.78 Å². The number of amidine groups is 2. The predicted octanol–water partition coefficient (Wildman–Crippen LogP) is 4.68. The lowest BCUT2D eigenvalue weighted by Crippen LogP contribution is -2.22. The molecule has 0 bridgehead atoms. The van der Waals surface area contributed by atoms with Gasteiger partial charge < -0.3 is 5.73 Å². The van der Waals surface area contributed by atoms with Crippen molar-refractivity contribution in [3.05, 3.63) is 79.0 Å². The quantitative estimate of drug-likeness (QED) is 0.372. The van der Waals surface area contributed by atoms with Crippen LogP contribution in [0.2, 0.25) is 0 Å². The number of hydrogen-bond acceptors (Lipinski definition) is 4. The first-order chi connectivity index (χ1) is 15.8. The Hall–Kier alpha value is -3.72. The number of aromatic nitrogens is 2. The third kappa shape index (κ3) is 6.17. The van der Waals surface area contributed by atoms with Crippen molar-refractivity contribution in [3.8, 4) is 5.69 Å². The summed E-state index contributed by atoms with van der Waals surface area (Å²) in [4.78, 5) is 9.01. The molecule has 1 unspecified atom stereocenters.